The van der Waals surface area contributed by atoms with Crippen LogP contribution in [0.25, 0.3) is 22.4 Å². The van der Waals surface area contributed by atoms with Crippen molar-refractivity contribution in [3.05, 3.63) is 60.2 Å². The van der Waals surface area contributed by atoms with Gasteiger partial charge in [-0.05, 0) is 42.3 Å². The molecule has 0 saturated carbocycles. The van der Waals surface area contributed by atoms with Gasteiger partial charge in [-0.25, -0.2) is 4.98 Å². The van der Waals surface area contributed by atoms with Crippen molar-refractivity contribution in [3.8, 4) is 34.2 Å². The van der Waals surface area contributed by atoms with Crippen molar-refractivity contribution in [3.63, 3.8) is 0 Å². The van der Waals surface area contributed by atoms with Crippen LogP contribution in [0.1, 0.15) is 18.9 Å². The fraction of sp³-hybridized carbons (Fsp3) is 0.174. The van der Waals surface area contributed by atoms with E-state index in [0.717, 1.165) is 17.7 Å². The van der Waals surface area contributed by atoms with Crippen molar-refractivity contribution in [2.45, 2.75) is 13.3 Å². The van der Waals surface area contributed by atoms with Gasteiger partial charge >= 0.3 is 0 Å². The fourth-order valence-electron chi connectivity index (χ4n) is 3.37. The van der Waals surface area contributed by atoms with Crippen LogP contribution in [0.15, 0.2) is 54.6 Å². The lowest BCUT2D eigenvalue weighted by Gasteiger charge is -2.23. The molecule has 0 aliphatic heterocycles. The van der Waals surface area contributed by atoms with Gasteiger partial charge in [-0.1, -0.05) is 31.2 Å². The number of rotatable bonds is 7. The number of hydrogen-bond acceptors (Lipinski definition) is 6. The molecule has 7 heteroatoms. The van der Waals surface area contributed by atoms with Crippen molar-refractivity contribution in [1.29, 1.82) is 5.26 Å². The highest BCUT2D eigenvalue weighted by atomic mass is 16.3. The Kier molecular flexibility index (Phi) is 6.18. The van der Waals surface area contributed by atoms with Crippen LogP contribution < -0.4 is 16.4 Å². The van der Waals surface area contributed by atoms with E-state index in [9.17, 15) is 15.2 Å². The van der Waals surface area contributed by atoms with Gasteiger partial charge in [0.2, 0.25) is 5.91 Å². The number of amides is 1. The summed E-state index contributed by atoms with van der Waals surface area (Å²) >= 11 is 0. The molecule has 7 nitrogen and oxygen atoms in total. The lowest BCUT2D eigenvalue weighted by atomic mass is 9.97. The Balaban J connectivity index is 2.14. The number of pyridine rings is 1. The highest BCUT2D eigenvalue weighted by molar-refractivity contribution is 5.84. The van der Waals surface area contributed by atoms with Crippen molar-refractivity contribution in [2.75, 3.05) is 23.7 Å². The molecule has 0 spiro atoms. The van der Waals surface area contributed by atoms with E-state index in [1.807, 2.05) is 36.1 Å². The summed E-state index contributed by atoms with van der Waals surface area (Å²) < 4.78 is 0. The Hall–Kier alpha value is -4.05. The molecule has 0 bridgehead atoms. The summed E-state index contributed by atoms with van der Waals surface area (Å²) in [7, 11) is 0. The number of benzene rings is 2. The van der Waals surface area contributed by atoms with E-state index in [0.29, 0.717) is 23.4 Å². The highest BCUT2D eigenvalue weighted by Gasteiger charge is 2.16. The summed E-state index contributed by atoms with van der Waals surface area (Å²) in [5.41, 5.74) is 14.9. The maximum atomic E-state index is 11.5. The number of anilines is 2. The summed E-state index contributed by atoms with van der Waals surface area (Å²) in [6.45, 7) is 2.79. The van der Waals surface area contributed by atoms with E-state index in [1.165, 1.54) is 0 Å². The van der Waals surface area contributed by atoms with Crippen LogP contribution in [0.2, 0.25) is 0 Å². The number of phenolic OH excluding ortho intramolecular Hbond substituents is 1. The first-order valence-electron chi connectivity index (χ1n) is 9.57. The number of aromatic hydroxyl groups is 1. The zero-order valence-electron chi connectivity index (χ0n) is 16.7. The molecule has 0 unspecified atom stereocenters. The molecule has 0 radical (unpaired) electrons. The zero-order chi connectivity index (χ0) is 21.7. The van der Waals surface area contributed by atoms with Gasteiger partial charge in [-0.2, -0.15) is 5.26 Å². The summed E-state index contributed by atoms with van der Waals surface area (Å²) in [5.74, 6) is -0.257. The van der Waals surface area contributed by atoms with Gasteiger partial charge in [0.25, 0.3) is 0 Å². The topological polar surface area (TPSA) is 129 Å². The maximum Gasteiger partial charge on any atom is 0.236 e. The van der Waals surface area contributed by atoms with Gasteiger partial charge in [-0.3, -0.25) is 4.79 Å². The average Bonchev–Trinajstić information content (AvgIpc) is 2.73. The first-order chi connectivity index (χ1) is 14.4. The average molecular weight is 401 g/mol. The van der Waals surface area contributed by atoms with Crippen LogP contribution in [0, 0.1) is 11.3 Å². The SMILES string of the molecule is CCCN(CC(N)=O)c1cccc(-c2cc(-c3ccccc3O)nc(N)c2C#N)c1. The van der Waals surface area contributed by atoms with Gasteiger partial charge in [0.05, 0.1) is 12.2 Å². The third-order valence-corrected chi connectivity index (χ3v) is 4.70. The summed E-state index contributed by atoms with van der Waals surface area (Å²) in [5, 5.41) is 19.9. The second kappa shape index (κ2) is 8.97. The first kappa shape index (κ1) is 20.7. The molecule has 0 atom stereocenters. The Bertz CT molecular complexity index is 1120. The number of primary amides is 1. The lowest BCUT2D eigenvalue weighted by molar-refractivity contribution is -0.116. The van der Waals surface area contributed by atoms with Crippen molar-refractivity contribution in [2.24, 2.45) is 5.73 Å². The van der Waals surface area contributed by atoms with Crippen LogP contribution in [-0.2, 0) is 4.79 Å². The van der Waals surface area contributed by atoms with Gasteiger partial charge in [0.15, 0.2) is 0 Å². The Morgan fingerprint density at radius 1 is 1.17 bits per heavy atom. The van der Waals surface area contributed by atoms with Crippen LogP contribution in [0.4, 0.5) is 11.5 Å². The van der Waals surface area contributed by atoms with E-state index in [4.69, 9.17) is 11.5 Å². The number of hydrogen-bond donors (Lipinski definition) is 3. The monoisotopic (exact) mass is 401 g/mol. The number of para-hydroxylation sites is 1. The molecule has 0 aliphatic carbocycles. The van der Waals surface area contributed by atoms with E-state index < -0.39 is 5.91 Å². The quantitative estimate of drug-likeness (QED) is 0.557. The molecule has 5 N–H and O–H groups in total. The van der Waals surface area contributed by atoms with Crippen molar-refractivity contribution >= 4 is 17.4 Å². The minimum Gasteiger partial charge on any atom is -0.507 e. The lowest BCUT2D eigenvalue weighted by Crippen LogP contribution is -2.34. The van der Waals surface area contributed by atoms with Crippen molar-refractivity contribution < 1.29 is 9.90 Å². The molecule has 3 aromatic rings. The second-order valence-corrected chi connectivity index (χ2v) is 6.88. The van der Waals surface area contributed by atoms with Crippen molar-refractivity contribution in [1.82, 2.24) is 4.98 Å². The summed E-state index contributed by atoms with van der Waals surface area (Å²) in [4.78, 5) is 17.7. The second-order valence-electron chi connectivity index (χ2n) is 6.88. The third kappa shape index (κ3) is 4.33. The normalized spacial score (nSPS) is 10.4. The van der Waals surface area contributed by atoms with E-state index in [1.54, 1.807) is 30.3 Å². The molecule has 1 aromatic heterocycles. The predicted octanol–water partition coefficient (Wildman–Crippen LogP) is 3.28. The van der Waals surface area contributed by atoms with E-state index >= 15 is 0 Å². The van der Waals surface area contributed by atoms with Gasteiger partial charge in [0, 0.05) is 23.4 Å². The molecule has 1 amide bonds. The Labute approximate surface area is 175 Å². The van der Waals surface area contributed by atoms with Crippen LogP contribution in [0.5, 0.6) is 5.75 Å². The number of nitriles is 1. The Morgan fingerprint density at radius 2 is 1.93 bits per heavy atom. The minimum atomic E-state index is -0.415. The molecule has 0 saturated heterocycles. The standard InChI is InChI=1S/C23H23N5O2/c1-2-10-28(14-22(25)30)16-7-5-6-15(11-16)18-12-20(27-23(26)19(18)13-24)17-8-3-4-9-21(17)29/h3-9,11-12,29H,2,10,14H2,1H3,(H2,25,30)(H2,26,27). The molecule has 30 heavy (non-hydrogen) atoms. The molecular weight excluding hydrogens is 378 g/mol. The number of nitrogen functional groups attached to an aromatic ring is 1. The molecule has 1 heterocycles. The highest BCUT2D eigenvalue weighted by Crippen LogP contribution is 2.35. The van der Waals surface area contributed by atoms with Gasteiger partial charge < -0.3 is 21.5 Å². The number of phenols is 1. The fourth-order valence-corrected chi connectivity index (χ4v) is 3.37. The van der Waals surface area contributed by atoms with Crippen LogP contribution >= 0.6 is 0 Å². The zero-order valence-corrected chi connectivity index (χ0v) is 16.7. The molecule has 2 aromatic carbocycles. The molecule has 0 aliphatic rings. The molecule has 0 fully saturated rings. The molecule has 3 rings (SSSR count). The number of carbonyl (C=O) groups excluding carboxylic acids is 1. The summed E-state index contributed by atoms with van der Waals surface area (Å²) in [6.07, 6.45) is 0.848. The predicted molar refractivity (Wildman–Crippen MR) is 118 cm³/mol. The smallest absolute Gasteiger partial charge is 0.236 e. The summed E-state index contributed by atoms with van der Waals surface area (Å²) in [6, 6.07) is 18.2. The number of carbonyl (C=O) groups is 1. The first-order valence-corrected chi connectivity index (χ1v) is 9.57. The Morgan fingerprint density at radius 3 is 2.60 bits per heavy atom. The van der Waals surface area contributed by atoms with E-state index in [2.05, 4.69) is 11.1 Å². The van der Waals surface area contributed by atoms with Crippen LogP contribution in [-0.4, -0.2) is 29.1 Å². The molecule has 152 valence electrons. The number of aromatic nitrogens is 1. The number of nitrogens with zero attached hydrogens (tertiary/aromatic N) is 3. The van der Waals surface area contributed by atoms with Gasteiger partial charge in [-0.15, -0.1) is 0 Å². The largest absolute Gasteiger partial charge is 0.507 e. The maximum absolute atomic E-state index is 11.5. The van der Waals surface area contributed by atoms with E-state index in [-0.39, 0.29) is 23.7 Å². The van der Waals surface area contributed by atoms with Crippen LogP contribution in [0.3, 0.4) is 0 Å². The molecular formula is C23H23N5O2. The minimum absolute atomic E-state index is 0.0735. The third-order valence-electron chi connectivity index (χ3n) is 4.70. The number of nitrogens with two attached hydrogens (primary N) is 2. The van der Waals surface area contributed by atoms with Gasteiger partial charge in [0.1, 0.15) is 23.2 Å².